The standard InChI is InChI=1S/C9H17NO5/c1-8(2,3)15-7(13)9(10,5-14-4)6(11)12/h5,10H2,1-4H3,(H,11,12)/t9-/m0/s1. The Bertz CT molecular complexity index is 258. The van der Waals surface area contributed by atoms with Gasteiger partial charge in [-0.15, -0.1) is 0 Å². The van der Waals surface area contributed by atoms with E-state index in [0.29, 0.717) is 0 Å². The third kappa shape index (κ3) is 3.85. The van der Waals surface area contributed by atoms with Crippen molar-refractivity contribution in [1.29, 1.82) is 0 Å². The van der Waals surface area contributed by atoms with Gasteiger partial charge in [0.2, 0.25) is 5.54 Å². The molecule has 0 aromatic heterocycles. The van der Waals surface area contributed by atoms with E-state index in [9.17, 15) is 9.59 Å². The van der Waals surface area contributed by atoms with Crippen LogP contribution in [0.5, 0.6) is 0 Å². The van der Waals surface area contributed by atoms with E-state index in [2.05, 4.69) is 4.74 Å². The van der Waals surface area contributed by atoms with Crippen molar-refractivity contribution in [3.05, 3.63) is 0 Å². The minimum Gasteiger partial charge on any atom is -0.479 e. The Hall–Kier alpha value is -1.14. The van der Waals surface area contributed by atoms with Crippen LogP contribution in [0.3, 0.4) is 0 Å². The van der Waals surface area contributed by atoms with E-state index in [4.69, 9.17) is 15.6 Å². The number of ether oxygens (including phenoxy) is 2. The van der Waals surface area contributed by atoms with Gasteiger partial charge in [-0.1, -0.05) is 0 Å². The Balaban J connectivity index is 4.79. The van der Waals surface area contributed by atoms with E-state index in [0.717, 1.165) is 0 Å². The first-order chi connectivity index (χ1) is 6.63. The number of carbonyl (C=O) groups is 2. The molecule has 6 heteroatoms. The van der Waals surface area contributed by atoms with E-state index in [1.807, 2.05) is 0 Å². The number of carboxylic acid groups (broad SMARTS) is 1. The quantitative estimate of drug-likeness (QED) is 0.500. The molecule has 0 aromatic carbocycles. The molecule has 1 atom stereocenters. The summed E-state index contributed by atoms with van der Waals surface area (Å²) in [6.07, 6.45) is 0. The van der Waals surface area contributed by atoms with Gasteiger partial charge in [0.1, 0.15) is 5.60 Å². The van der Waals surface area contributed by atoms with Crippen LogP contribution in [-0.2, 0) is 19.1 Å². The van der Waals surface area contributed by atoms with Crippen molar-refractivity contribution in [2.75, 3.05) is 13.7 Å². The van der Waals surface area contributed by atoms with Gasteiger partial charge in [-0.05, 0) is 20.8 Å². The minimum absolute atomic E-state index is 0.433. The molecular weight excluding hydrogens is 202 g/mol. The molecule has 15 heavy (non-hydrogen) atoms. The van der Waals surface area contributed by atoms with E-state index >= 15 is 0 Å². The molecule has 0 aliphatic carbocycles. The van der Waals surface area contributed by atoms with Gasteiger partial charge in [-0.2, -0.15) is 0 Å². The lowest BCUT2D eigenvalue weighted by atomic mass is 10.0. The summed E-state index contributed by atoms with van der Waals surface area (Å²) in [7, 11) is 1.26. The number of methoxy groups -OCH3 is 1. The number of carboxylic acids is 1. The molecule has 0 unspecified atom stereocenters. The zero-order chi connectivity index (χ0) is 12.3. The fourth-order valence-corrected chi connectivity index (χ4v) is 0.805. The van der Waals surface area contributed by atoms with E-state index < -0.39 is 29.7 Å². The fraction of sp³-hybridized carbons (Fsp3) is 0.778. The van der Waals surface area contributed by atoms with Crippen LogP contribution in [0, 0.1) is 0 Å². The first-order valence-corrected chi connectivity index (χ1v) is 4.38. The lowest BCUT2D eigenvalue weighted by molar-refractivity contribution is -0.171. The normalized spacial score (nSPS) is 15.5. The minimum atomic E-state index is -2.15. The van der Waals surface area contributed by atoms with E-state index in [-0.39, 0.29) is 0 Å². The van der Waals surface area contributed by atoms with Gasteiger partial charge in [-0.3, -0.25) is 0 Å². The number of nitrogens with two attached hydrogens (primary N) is 1. The molecule has 0 saturated carbocycles. The van der Waals surface area contributed by atoms with Gasteiger partial charge in [0.15, 0.2) is 0 Å². The topological polar surface area (TPSA) is 98.9 Å². The van der Waals surface area contributed by atoms with Crippen molar-refractivity contribution in [3.63, 3.8) is 0 Å². The maximum atomic E-state index is 11.5. The number of hydrogen-bond acceptors (Lipinski definition) is 5. The van der Waals surface area contributed by atoms with Gasteiger partial charge < -0.3 is 20.3 Å². The van der Waals surface area contributed by atoms with Gasteiger partial charge in [0, 0.05) is 7.11 Å². The molecule has 0 aromatic rings. The number of carbonyl (C=O) groups excluding carboxylic acids is 1. The summed E-state index contributed by atoms with van der Waals surface area (Å²) >= 11 is 0. The average Bonchev–Trinajstić information content (AvgIpc) is 2.00. The Kier molecular flexibility index (Phi) is 4.24. The van der Waals surface area contributed by atoms with Crippen molar-refractivity contribution >= 4 is 11.9 Å². The zero-order valence-electron chi connectivity index (χ0n) is 9.36. The summed E-state index contributed by atoms with van der Waals surface area (Å²) in [6, 6.07) is 0. The summed E-state index contributed by atoms with van der Waals surface area (Å²) in [4.78, 5) is 22.3. The second-order valence-electron chi connectivity index (χ2n) is 4.21. The molecule has 0 saturated heterocycles. The van der Waals surface area contributed by atoms with Gasteiger partial charge in [0.25, 0.3) is 0 Å². The number of esters is 1. The Morgan fingerprint density at radius 1 is 1.33 bits per heavy atom. The van der Waals surface area contributed by atoms with Crippen LogP contribution in [0.4, 0.5) is 0 Å². The van der Waals surface area contributed by atoms with E-state index in [1.54, 1.807) is 20.8 Å². The molecular formula is C9H17NO5. The molecule has 0 bridgehead atoms. The summed E-state index contributed by atoms with van der Waals surface area (Å²) in [5.74, 6) is -2.48. The highest BCUT2D eigenvalue weighted by molar-refractivity contribution is 6.04. The lowest BCUT2D eigenvalue weighted by Crippen LogP contribution is -2.60. The average molecular weight is 219 g/mol. The highest BCUT2D eigenvalue weighted by atomic mass is 16.6. The molecule has 0 fully saturated rings. The second-order valence-corrected chi connectivity index (χ2v) is 4.21. The van der Waals surface area contributed by atoms with Crippen LogP contribution in [0.25, 0.3) is 0 Å². The summed E-state index contributed by atoms with van der Waals surface area (Å²) in [6.45, 7) is 4.44. The highest BCUT2D eigenvalue weighted by Gasteiger charge is 2.45. The van der Waals surface area contributed by atoms with Crippen LogP contribution in [0.15, 0.2) is 0 Å². The zero-order valence-corrected chi connectivity index (χ0v) is 9.36. The summed E-state index contributed by atoms with van der Waals surface area (Å²) in [5, 5.41) is 8.83. The Morgan fingerprint density at radius 3 is 2.07 bits per heavy atom. The van der Waals surface area contributed by atoms with Gasteiger partial charge >= 0.3 is 11.9 Å². The molecule has 0 aliphatic rings. The summed E-state index contributed by atoms with van der Waals surface area (Å²) < 4.78 is 9.49. The first kappa shape index (κ1) is 13.9. The monoisotopic (exact) mass is 219 g/mol. The van der Waals surface area contributed by atoms with Gasteiger partial charge in [0.05, 0.1) is 6.61 Å². The molecule has 6 nitrogen and oxygen atoms in total. The number of hydrogen-bond donors (Lipinski definition) is 2. The van der Waals surface area contributed by atoms with Crippen molar-refractivity contribution in [2.24, 2.45) is 5.73 Å². The molecule has 88 valence electrons. The SMILES string of the molecule is COC[C@](N)(C(=O)O)C(=O)OC(C)(C)C. The van der Waals surface area contributed by atoms with Crippen molar-refractivity contribution < 1.29 is 24.2 Å². The maximum absolute atomic E-state index is 11.5. The van der Waals surface area contributed by atoms with Crippen LogP contribution >= 0.6 is 0 Å². The molecule has 0 spiro atoms. The predicted molar refractivity (Wildman–Crippen MR) is 52.3 cm³/mol. The van der Waals surface area contributed by atoms with Crippen LogP contribution in [0.2, 0.25) is 0 Å². The van der Waals surface area contributed by atoms with Crippen LogP contribution < -0.4 is 5.73 Å². The van der Waals surface area contributed by atoms with Crippen molar-refractivity contribution in [3.8, 4) is 0 Å². The highest BCUT2D eigenvalue weighted by Crippen LogP contribution is 2.13. The van der Waals surface area contributed by atoms with Crippen LogP contribution in [-0.4, -0.2) is 41.9 Å². The first-order valence-electron chi connectivity index (χ1n) is 4.38. The van der Waals surface area contributed by atoms with Gasteiger partial charge in [-0.25, -0.2) is 9.59 Å². The maximum Gasteiger partial charge on any atom is 0.340 e. The Labute approximate surface area is 88.3 Å². The second kappa shape index (κ2) is 4.59. The smallest absolute Gasteiger partial charge is 0.340 e. The molecule has 0 radical (unpaired) electrons. The van der Waals surface area contributed by atoms with Crippen molar-refractivity contribution in [2.45, 2.75) is 31.9 Å². The largest absolute Gasteiger partial charge is 0.479 e. The fourth-order valence-electron chi connectivity index (χ4n) is 0.805. The predicted octanol–water partition coefficient (Wildman–Crippen LogP) is -0.243. The molecule has 0 amide bonds. The summed E-state index contributed by atoms with van der Waals surface area (Å²) in [5.41, 5.74) is 2.47. The van der Waals surface area contributed by atoms with Crippen molar-refractivity contribution in [1.82, 2.24) is 0 Å². The Morgan fingerprint density at radius 2 is 1.80 bits per heavy atom. The number of aliphatic carboxylic acids is 1. The van der Waals surface area contributed by atoms with Crippen LogP contribution in [0.1, 0.15) is 20.8 Å². The third-order valence-electron chi connectivity index (χ3n) is 1.52. The number of rotatable bonds is 4. The molecule has 3 N–H and O–H groups in total. The molecule has 0 heterocycles. The lowest BCUT2D eigenvalue weighted by Gasteiger charge is -2.27. The molecule has 0 rings (SSSR count). The molecule has 0 aliphatic heterocycles. The van der Waals surface area contributed by atoms with E-state index in [1.165, 1.54) is 7.11 Å². The third-order valence-corrected chi connectivity index (χ3v) is 1.52.